The third-order valence-electron chi connectivity index (χ3n) is 1.70. The van der Waals surface area contributed by atoms with Crippen molar-refractivity contribution >= 4 is 23.2 Å². The van der Waals surface area contributed by atoms with Gasteiger partial charge in [0, 0.05) is 5.56 Å². The molecule has 0 unspecified atom stereocenters. The van der Waals surface area contributed by atoms with Gasteiger partial charge in [0.1, 0.15) is 6.54 Å². The summed E-state index contributed by atoms with van der Waals surface area (Å²) >= 11 is 11.6. The summed E-state index contributed by atoms with van der Waals surface area (Å²) in [5.41, 5.74) is 1.11. The highest BCUT2D eigenvalue weighted by molar-refractivity contribution is 6.41. The molecule has 0 aliphatic heterocycles. The number of quaternary nitrogens is 1. The van der Waals surface area contributed by atoms with Gasteiger partial charge in [-0.25, -0.2) is 0 Å². The van der Waals surface area contributed by atoms with Gasteiger partial charge in [-0.3, -0.25) is 0 Å². The van der Waals surface area contributed by atoms with Crippen LogP contribution in [0, 0.1) is 0 Å². The van der Waals surface area contributed by atoms with Crippen LogP contribution in [0.2, 0.25) is 10.0 Å². The second kappa shape index (κ2) is 5.45. The standard InChI is InChI=1S/C9H11Cl2NO/c10-8-2-1-7(5-9(8)11)6-12-3-4-13/h1-2,5,12-13H,3-4,6H2/p+1. The molecule has 0 saturated carbocycles. The van der Waals surface area contributed by atoms with E-state index in [1.807, 2.05) is 17.4 Å². The quantitative estimate of drug-likeness (QED) is 0.732. The summed E-state index contributed by atoms with van der Waals surface area (Å²) in [6, 6.07) is 5.56. The minimum atomic E-state index is 0.196. The molecule has 1 aromatic carbocycles. The Labute approximate surface area is 87.5 Å². The van der Waals surface area contributed by atoms with Crippen LogP contribution in [-0.4, -0.2) is 18.3 Å². The molecule has 0 aliphatic carbocycles. The fourth-order valence-electron chi connectivity index (χ4n) is 1.03. The minimum absolute atomic E-state index is 0.196. The molecule has 0 bridgehead atoms. The molecule has 0 aromatic heterocycles. The van der Waals surface area contributed by atoms with Crippen LogP contribution in [0.25, 0.3) is 0 Å². The highest BCUT2D eigenvalue weighted by Crippen LogP contribution is 2.21. The van der Waals surface area contributed by atoms with Crippen LogP contribution < -0.4 is 5.32 Å². The number of hydrogen-bond donors (Lipinski definition) is 2. The molecular weight excluding hydrogens is 209 g/mol. The van der Waals surface area contributed by atoms with Gasteiger partial charge in [-0.05, 0) is 12.1 Å². The second-order valence-electron chi connectivity index (χ2n) is 2.75. The predicted octanol–water partition coefficient (Wildman–Crippen LogP) is 1.05. The predicted molar refractivity (Wildman–Crippen MR) is 54.0 cm³/mol. The fraction of sp³-hybridized carbons (Fsp3) is 0.333. The smallest absolute Gasteiger partial charge is 0.101 e. The maximum atomic E-state index is 8.56. The molecule has 13 heavy (non-hydrogen) atoms. The van der Waals surface area contributed by atoms with Crippen LogP contribution >= 0.6 is 23.2 Å². The number of halogens is 2. The summed E-state index contributed by atoms with van der Waals surface area (Å²) in [4.78, 5) is 0. The van der Waals surface area contributed by atoms with E-state index >= 15 is 0 Å². The maximum Gasteiger partial charge on any atom is 0.101 e. The highest BCUT2D eigenvalue weighted by atomic mass is 35.5. The summed E-state index contributed by atoms with van der Waals surface area (Å²) in [5, 5.41) is 11.7. The molecule has 0 atom stereocenters. The van der Waals surface area contributed by atoms with Crippen molar-refractivity contribution in [2.75, 3.05) is 13.2 Å². The van der Waals surface area contributed by atoms with E-state index in [1.54, 1.807) is 6.07 Å². The zero-order chi connectivity index (χ0) is 9.68. The van der Waals surface area contributed by atoms with Crippen LogP contribution in [0.1, 0.15) is 5.56 Å². The Kier molecular flexibility index (Phi) is 4.53. The molecule has 0 fully saturated rings. The van der Waals surface area contributed by atoms with E-state index in [-0.39, 0.29) is 6.61 Å². The molecule has 0 spiro atoms. The van der Waals surface area contributed by atoms with Gasteiger partial charge >= 0.3 is 0 Å². The van der Waals surface area contributed by atoms with E-state index in [1.165, 1.54) is 0 Å². The summed E-state index contributed by atoms with van der Waals surface area (Å²) in [5.74, 6) is 0. The van der Waals surface area contributed by atoms with Crippen molar-refractivity contribution in [1.82, 2.24) is 0 Å². The molecule has 0 amide bonds. The summed E-state index contributed by atoms with van der Waals surface area (Å²) in [6.07, 6.45) is 0. The first-order valence-corrected chi connectivity index (χ1v) is 4.86. The molecule has 1 aromatic rings. The average Bonchev–Trinajstić information content (AvgIpc) is 2.12. The van der Waals surface area contributed by atoms with E-state index in [0.717, 1.165) is 12.1 Å². The van der Waals surface area contributed by atoms with Gasteiger partial charge in [0.05, 0.1) is 23.2 Å². The molecule has 72 valence electrons. The summed E-state index contributed by atoms with van der Waals surface area (Å²) in [7, 11) is 0. The van der Waals surface area contributed by atoms with Crippen molar-refractivity contribution in [3.63, 3.8) is 0 Å². The topological polar surface area (TPSA) is 36.8 Å². The van der Waals surface area contributed by atoms with E-state index < -0.39 is 0 Å². The molecule has 1 rings (SSSR count). The molecule has 0 saturated heterocycles. The van der Waals surface area contributed by atoms with Crippen molar-refractivity contribution in [1.29, 1.82) is 0 Å². The zero-order valence-corrected chi connectivity index (χ0v) is 8.65. The molecule has 0 heterocycles. The normalized spacial score (nSPS) is 10.4. The van der Waals surface area contributed by atoms with E-state index in [0.29, 0.717) is 16.6 Å². The Balaban J connectivity index is 2.53. The Morgan fingerprint density at radius 3 is 2.62 bits per heavy atom. The van der Waals surface area contributed by atoms with Crippen LogP contribution in [0.5, 0.6) is 0 Å². The number of aliphatic hydroxyl groups excluding tert-OH is 1. The average molecular weight is 221 g/mol. The molecule has 0 aliphatic rings. The minimum Gasteiger partial charge on any atom is -0.391 e. The van der Waals surface area contributed by atoms with Gasteiger partial charge < -0.3 is 10.4 Å². The molecule has 0 radical (unpaired) electrons. The summed E-state index contributed by atoms with van der Waals surface area (Å²) in [6.45, 7) is 1.72. The highest BCUT2D eigenvalue weighted by Gasteiger charge is 2.00. The lowest BCUT2D eigenvalue weighted by Gasteiger charge is -2.01. The van der Waals surface area contributed by atoms with Crippen molar-refractivity contribution in [2.24, 2.45) is 0 Å². The first-order chi connectivity index (χ1) is 6.24. The Morgan fingerprint density at radius 1 is 1.23 bits per heavy atom. The molecule has 2 nitrogen and oxygen atoms in total. The van der Waals surface area contributed by atoms with Gasteiger partial charge in [-0.2, -0.15) is 0 Å². The number of rotatable bonds is 4. The van der Waals surface area contributed by atoms with Gasteiger partial charge in [-0.1, -0.05) is 29.3 Å². The van der Waals surface area contributed by atoms with Gasteiger partial charge in [0.15, 0.2) is 0 Å². The van der Waals surface area contributed by atoms with Crippen LogP contribution in [0.4, 0.5) is 0 Å². The van der Waals surface area contributed by atoms with Crippen molar-refractivity contribution < 1.29 is 10.4 Å². The van der Waals surface area contributed by atoms with Gasteiger partial charge in [-0.15, -0.1) is 0 Å². The molecular formula is C9H12Cl2NO+. The van der Waals surface area contributed by atoms with Crippen LogP contribution in [0.15, 0.2) is 18.2 Å². The lowest BCUT2D eigenvalue weighted by atomic mass is 10.2. The second-order valence-corrected chi connectivity index (χ2v) is 3.57. The monoisotopic (exact) mass is 220 g/mol. The SMILES string of the molecule is OCC[NH2+]Cc1ccc(Cl)c(Cl)c1. The zero-order valence-electron chi connectivity index (χ0n) is 7.13. The summed E-state index contributed by atoms with van der Waals surface area (Å²) < 4.78 is 0. The number of nitrogens with two attached hydrogens (primary N) is 1. The lowest BCUT2D eigenvalue weighted by Crippen LogP contribution is -2.83. The van der Waals surface area contributed by atoms with Gasteiger partial charge in [0.25, 0.3) is 0 Å². The van der Waals surface area contributed by atoms with Crippen molar-refractivity contribution in [3.8, 4) is 0 Å². The van der Waals surface area contributed by atoms with Crippen molar-refractivity contribution in [2.45, 2.75) is 6.54 Å². The van der Waals surface area contributed by atoms with Crippen LogP contribution in [0.3, 0.4) is 0 Å². The Bertz CT molecular complexity index is 278. The van der Waals surface area contributed by atoms with Crippen LogP contribution in [-0.2, 0) is 6.54 Å². The van der Waals surface area contributed by atoms with Gasteiger partial charge in [0.2, 0.25) is 0 Å². The number of hydrogen-bond acceptors (Lipinski definition) is 1. The maximum absolute atomic E-state index is 8.56. The Hall–Kier alpha value is -0.280. The van der Waals surface area contributed by atoms with E-state index in [4.69, 9.17) is 28.3 Å². The van der Waals surface area contributed by atoms with E-state index in [2.05, 4.69) is 0 Å². The first kappa shape index (κ1) is 10.8. The lowest BCUT2D eigenvalue weighted by molar-refractivity contribution is -0.671. The Morgan fingerprint density at radius 2 is 2.00 bits per heavy atom. The molecule has 4 heteroatoms. The van der Waals surface area contributed by atoms with Crippen molar-refractivity contribution in [3.05, 3.63) is 33.8 Å². The molecule has 3 N–H and O–H groups in total. The number of benzene rings is 1. The third-order valence-corrected chi connectivity index (χ3v) is 2.44. The largest absolute Gasteiger partial charge is 0.391 e. The first-order valence-electron chi connectivity index (χ1n) is 4.10. The fourth-order valence-corrected chi connectivity index (χ4v) is 1.35. The third kappa shape index (κ3) is 3.53. The number of aliphatic hydroxyl groups is 1. The van der Waals surface area contributed by atoms with E-state index in [9.17, 15) is 0 Å².